The molecule has 1 heterocycles. The van der Waals surface area contributed by atoms with Gasteiger partial charge < -0.3 is 14.8 Å². The molecule has 2 rings (SSSR count). The Morgan fingerprint density at radius 3 is 2.70 bits per heavy atom. The average Bonchev–Trinajstić information content (AvgIpc) is 2.91. The number of aliphatic carboxylic acids is 1. The molecule has 0 unspecified atom stereocenters. The molecule has 0 aliphatic carbocycles. The lowest BCUT2D eigenvalue weighted by atomic mass is 10.1. The van der Waals surface area contributed by atoms with E-state index in [1.54, 1.807) is 6.07 Å². The van der Waals surface area contributed by atoms with Crippen LogP contribution in [0.15, 0.2) is 47.1 Å². The molecule has 0 saturated heterocycles. The number of hydrogen-bond acceptors (Lipinski definition) is 3. The zero-order chi connectivity index (χ0) is 14.5. The summed E-state index contributed by atoms with van der Waals surface area (Å²) in [6.07, 6.45) is 1.30. The van der Waals surface area contributed by atoms with Gasteiger partial charge in [0.15, 0.2) is 5.76 Å². The lowest BCUT2D eigenvalue weighted by Crippen LogP contribution is -2.42. The molecule has 2 aromatic rings. The van der Waals surface area contributed by atoms with Crippen LogP contribution < -0.4 is 5.32 Å². The molecule has 0 aliphatic rings. The third-order valence-electron chi connectivity index (χ3n) is 2.68. The maximum atomic E-state index is 13.1. The molecule has 1 aromatic carbocycles. The van der Waals surface area contributed by atoms with Crippen molar-refractivity contribution in [2.75, 3.05) is 0 Å². The first-order chi connectivity index (χ1) is 9.56. The van der Waals surface area contributed by atoms with Crippen molar-refractivity contribution >= 4 is 11.9 Å². The second-order valence-electron chi connectivity index (χ2n) is 4.18. The highest BCUT2D eigenvalue weighted by Gasteiger charge is 2.22. The normalized spacial score (nSPS) is 11.8. The Morgan fingerprint density at radius 1 is 1.30 bits per heavy atom. The summed E-state index contributed by atoms with van der Waals surface area (Å²) in [5, 5.41) is 11.4. The molecule has 0 radical (unpaired) electrons. The van der Waals surface area contributed by atoms with Crippen LogP contribution in [0, 0.1) is 5.82 Å². The Kier molecular flexibility index (Phi) is 4.14. The number of halogens is 1. The Hall–Kier alpha value is -2.63. The first-order valence-corrected chi connectivity index (χ1v) is 5.88. The van der Waals surface area contributed by atoms with Crippen molar-refractivity contribution in [2.45, 2.75) is 12.5 Å². The minimum atomic E-state index is -1.20. The van der Waals surface area contributed by atoms with E-state index in [0.717, 1.165) is 0 Å². The first kappa shape index (κ1) is 13.8. The number of carbonyl (C=O) groups excluding carboxylic acids is 1. The number of hydrogen-bond donors (Lipinski definition) is 2. The van der Waals surface area contributed by atoms with Gasteiger partial charge in [0.25, 0.3) is 5.91 Å². The Bertz CT molecular complexity index is 609. The van der Waals surface area contributed by atoms with E-state index in [9.17, 15) is 14.0 Å². The molecular weight excluding hydrogens is 265 g/mol. The van der Waals surface area contributed by atoms with Gasteiger partial charge in [0, 0.05) is 6.42 Å². The van der Waals surface area contributed by atoms with Gasteiger partial charge in [0.05, 0.1) is 6.26 Å². The molecule has 1 amide bonds. The van der Waals surface area contributed by atoms with Crippen LogP contribution in [-0.4, -0.2) is 23.0 Å². The highest BCUT2D eigenvalue weighted by atomic mass is 19.1. The molecule has 20 heavy (non-hydrogen) atoms. The molecule has 0 saturated carbocycles. The number of carboxylic acid groups (broad SMARTS) is 1. The van der Waals surface area contributed by atoms with Gasteiger partial charge in [-0.25, -0.2) is 9.18 Å². The van der Waals surface area contributed by atoms with Gasteiger partial charge in [0.2, 0.25) is 0 Å². The molecule has 0 bridgehead atoms. The standard InChI is InChI=1S/C14H12FNO4/c15-10-4-1-3-9(7-10)8-11(14(18)19)16-13(17)12-5-2-6-20-12/h1-7,11H,8H2,(H,16,17)(H,18,19)/t11-/m0/s1. The van der Waals surface area contributed by atoms with E-state index in [4.69, 9.17) is 9.52 Å². The lowest BCUT2D eigenvalue weighted by Gasteiger charge is -2.13. The number of benzene rings is 1. The number of rotatable bonds is 5. The third kappa shape index (κ3) is 3.44. The van der Waals surface area contributed by atoms with Gasteiger partial charge in [-0.2, -0.15) is 0 Å². The molecule has 2 N–H and O–H groups in total. The summed E-state index contributed by atoms with van der Waals surface area (Å²) in [7, 11) is 0. The van der Waals surface area contributed by atoms with E-state index >= 15 is 0 Å². The quantitative estimate of drug-likeness (QED) is 0.874. The zero-order valence-corrected chi connectivity index (χ0v) is 10.4. The second kappa shape index (κ2) is 6.01. The molecule has 5 nitrogen and oxygen atoms in total. The van der Waals surface area contributed by atoms with Crippen molar-refractivity contribution in [2.24, 2.45) is 0 Å². The van der Waals surface area contributed by atoms with Crippen LogP contribution in [0.4, 0.5) is 4.39 Å². The van der Waals surface area contributed by atoms with E-state index in [-0.39, 0.29) is 12.2 Å². The van der Waals surface area contributed by atoms with Gasteiger partial charge >= 0.3 is 5.97 Å². The topological polar surface area (TPSA) is 79.5 Å². The predicted octanol–water partition coefficient (Wildman–Crippen LogP) is 1.84. The highest BCUT2D eigenvalue weighted by Crippen LogP contribution is 2.08. The fraction of sp³-hybridized carbons (Fsp3) is 0.143. The summed E-state index contributed by atoms with van der Waals surface area (Å²) in [5.41, 5.74) is 0.483. The molecule has 0 fully saturated rings. The first-order valence-electron chi connectivity index (χ1n) is 5.88. The van der Waals surface area contributed by atoms with Crippen LogP contribution in [0.3, 0.4) is 0 Å². The van der Waals surface area contributed by atoms with E-state index in [0.29, 0.717) is 5.56 Å². The fourth-order valence-electron chi connectivity index (χ4n) is 1.74. The molecule has 104 valence electrons. The van der Waals surface area contributed by atoms with Crippen LogP contribution in [0.2, 0.25) is 0 Å². The summed E-state index contributed by atoms with van der Waals surface area (Å²) >= 11 is 0. The molecule has 0 aliphatic heterocycles. The maximum absolute atomic E-state index is 13.1. The van der Waals surface area contributed by atoms with Crippen LogP contribution in [0.25, 0.3) is 0 Å². The molecule has 1 atom stereocenters. The largest absolute Gasteiger partial charge is 0.480 e. The van der Waals surface area contributed by atoms with Gasteiger partial charge in [-0.1, -0.05) is 12.1 Å². The maximum Gasteiger partial charge on any atom is 0.326 e. The van der Waals surface area contributed by atoms with E-state index in [2.05, 4.69) is 5.32 Å². The van der Waals surface area contributed by atoms with Crippen molar-refractivity contribution in [3.8, 4) is 0 Å². The molecule has 6 heteroatoms. The third-order valence-corrected chi connectivity index (χ3v) is 2.68. The minimum absolute atomic E-state index is 0.0143. The fourth-order valence-corrected chi connectivity index (χ4v) is 1.74. The second-order valence-corrected chi connectivity index (χ2v) is 4.18. The predicted molar refractivity (Wildman–Crippen MR) is 67.7 cm³/mol. The van der Waals surface area contributed by atoms with Gasteiger partial charge in [-0.05, 0) is 29.8 Å². The van der Waals surface area contributed by atoms with Gasteiger partial charge in [0.1, 0.15) is 11.9 Å². The smallest absolute Gasteiger partial charge is 0.326 e. The Morgan fingerprint density at radius 2 is 2.10 bits per heavy atom. The minimum Gasteiger partial charge on any atom is -0.480 e. The van der Waals surface area contributed by atoms with E-state index < -0.39 is 23.7 Å². The molecular formula is C14H12FNO4. The van der Waals surface area contributed by atoms with Crippen LogP contribution in [-0.2, 0) is 11.2 Å². The lowest BCUT2D eigenvalue weighted by molar-refractivity contribution is -0.139. The van der Waals surface area contributed by atoms with E-state index in [1.165, 1.54) is 36.6 Å². The number of nitrogens with one attached hydrogen (secondary N) is 1. The van der Waals surface area contributed by atoms with Crippen molar-refractivity contribution in [1.82, 2.24) is 5.32 Å². The van der Waals surface area contributed by atoms with Crippen LogP contribution >= 0.6 is 0 Å². The summed E-state index contributed by atoms with van der Waals surface area (Å²) in [6, 6.07) is 7.37. The Balaban J connectivity index is 2.08. The number of carboxylic acids is 1. The average molecular weight is 277 g/mol. The summed E-state index contributed by atoms with van der Waals surface area (Å²) < 4.78 is 17.9. The summed E-state index contributed by atoms with van der Waals surface area (Å²) in [4.78, 5) is 22.9. The Labute approximate surface area is 114 Å². The van der Waals surface area contributed by atoms with Crippen LogP contribution in [0.1, 0.15) is 16.1 Å². The number of carbonyl (C=O) groups is 2. The zero-order valence-electron chi connectivity index (χ0n) is 10.4. The van der Waals surface area contributed by atoms with E-state index in [1.807, 2.05) is 0 Å². The van der Waals surface area contributed by atoms with Crippen molar-refractivity contribution in [3.63, 3.8) is 0 Å². The van der Waals surface area contributed by atoms with Crippen molar-refractivity contribution in [3.05, 3.63) is 59.8 Å². The number of furan rings is 1. The molecule has 1 aromatic heterocycles. The van der Waals surface area contributed by atoms with Crippen molar-refractivity contribution < 1.29 is 23.5 Å². The van der Waals surface area contributed by atoms with Crippen LogP contribution in [0.5, 0.6) is 0 Å². The SMILES string of the molecule is O=C(N[C@@H](Cc1cccc(F)c1)C(=O)O)c1ccco1. The molecule has 0 spiro atoms. The number of amides is 1. The highest BCUT2D eigenvalue weighted by molar-refractivity contribution is 5.94. The summed E-state index contributed by atoms with van der Waals surface area (Å²) in [5.74, 6) is -2.26. The van der Waals surface area contributed by atoms with Crippen molar-refractivity contribution in [1.29, 1.82) is 0 Å². The van der Waals surface area contributed by atoms with Gasteiger partial charge in [-0.15, -0.1) is 0 Å². The summed E-state index contributed by atoms with van der Waals surface area (Å²) in [6.45, 7) is 0. The monoisotopic (exact) mass is 277 g/mol. The van der Waals surface area contributed by atoms with Gasteiger partial charge in [-0.3, -0.25) is 4.79 Å².